The van der Waals surface area contributed by atoms with E-state index >= 15 is 0 Å². The van der Waals surface area contributed by atoms with Gasteiger partial charge in [0.15, 0.2) is 6.10 Å². The Kier molecular flexibility index (Phi) is 4.79. The van der Waals surface area contributed by atoms with Crippen LogP contribution in [0.5, 0.6) is 5.75 Å². The number of carbonyl (C=O) groups is 1. The molecule has 104 valence electrons. The lowest BCUT2D eigenvalue weighted by Gasteiger charge is -2.15. The zero-order valence-corrected chi connectivity index (χ0v) is 13.0. The van der Waals surface area contributed by atoms with Crippen LogP contribution in [-0.2, 0) is 4.79 Å². The largest absolute Gasteiger partial charge is 0.481 e. The van der Waals surface area contributed by atoms with Gasteiger partial charge in [0, 0.05) is 10.2 Å². The Hall–Kier alpha value is -1.81. The first-order chi connectivity index (χ1) is 9.54. The number of halogens is 1. The summed E-state index contributed by atoms with van der Waals surface area (Å²) < 4.78 is 6.57. The van der Waals surface area contributed by atoms with Crippen LogP contribution < -0.4 is 10.1 Å². The van der Waals surface area contributed by atoms with Crippen molar-refractivity contribution < 1.29 is 9.53 Å². The monoisotopic (exact) mass is 333 g/mol. The topological polar surface area (TPSA) is 38.3 Å². The second-order valence-electron chi connectivity index (χ2n) is 4.57. The summed E-state index contributed by atoms with van der Waals surface area (Å²) in [5.41, 5.74) is 1.88. The number of aryl methyl sites for hydroxylation is 1. The van der Waals surface area contributed by atoms with Crippen molar-refractivity contribution in [2.24, 2.45) is 0 Å². The summed E-state index contributed by atoms with van der Waals surface area (Å²) in [5, 5.41) is 2.84. The molecule has 0 aliphatic heterocycles. The number of hydrogen-bond donors (Lipinski definition) is 1. The Morgan fingerprint density at radius 3 is 2.55 bits per heavy atom. The van der Waals surface area contributed by atoms with Crippen LogP contribution in [-0.4, -0.2) is 12.0 Å². The summed E-state index contributed by atoms with van der Waals surface area (Å²) in [5.74, 6) is 0.499. The first kappa shape index (κ1) is 14.6. The van der Waals surface area contributed by atoms with E-state index in [0.717, 1.165) is 15.7 Å². The van der Waals surface area contributed by atoms with E-state index in [2.05, 4.69) is 21.2 Å². The molecule has 2 aromatic rings. The highest BCUT2D eigenvalue weighted by atomic mass is 79.9. The van der Waals surface area contributed by atoms with Crippen molar-refractivity contribution in [3.63, 3.8) is 0 Å². The highest BCUT2D eigenvalue weighted by Gasteiger charge is 2.14. The maximum atomic E-state index is 12.0. The van der Waals surface area contributed by atoms with Crippen LogP contribution in [0.25, 0.3) is 0 Å². The molecule has 0 spiro atoms. The lowest BCUT2D eigenvalue weighted by Crippen LogP contribution is -2.30. The molecule has 0 heterocycles. The van der Waals surface area contributed by atoms with Gasteiger partial charge in [0.25, 0.3) is 5.91 Å². The second kappa shape index (κ2) is 6.57. The van der Waals surface area contributed by atoms with Crippen molar-refractivity contribution in [1.29, 1.82) is 0 Å². The Labute approximate surface area is 127 Å². The normalized spacial score (nSPS) is 11.8. The molecule has 0 aliphatic carbocycles. The molecule has 0 saturated carbocycles. The van der Waals surface area contributed by atoms with Crippen LogP contribution in [0.4, 0.5) is 5.69 Å². The average molecular weight is 334 g/mol. The molecule has 0 aromatic heterocycles. The van der Waals surface area contributed by atoms with Crippen LogP contribution in [0.2, 0.25) is 0 Å². The number of anilines is 1. The molecule has 3 nitrogen and oxygen atoms in total. The van der Waals surface area contributed by atoms with Crippen LogP contribution in [0.3, 0.4) is 0 Å². The molecule has 0 radical (unpaired) electrons. The molecular formula is C16H16BrNO2. The van der Waals surface area contributed by atoms with Gasteiger partial charge in [-0.25, -0.2) is 0 Å². The number of hydrogen-bond acceptors (Lipinski definition) is 2. The number of rotatable bonds is 4. The molecular weight excluding hydrogens is 318 g/mol. The molecule has 0 bridgehead atoms. The van der Waals surface area contributed by atoms with E-state index in [0.29, 0.717) is 5.75 Å². The lowest BCUT2D eigenvalue weighted by atomic mass is 10.2. The molecule has 1 unspecified atom stereocenters. The first-order valence-corrected chi connectivity index (χ1v) is 7.13. The number of ether oxygens (including phenoxy) is 1. The molecule has 0 aliphatic rings. The van der Waals surface area contributed by atoms with E-state index in [-0.39, 0.29) is 5.91 Å². The third-order valence-corrected chi connectivity index (χ3v) is 3.31. The molecule has 0 fully saturated rings. The van der Waals surface area contributed by atoms with Crippen molar-refractivity contribution in [1.82, 2.24) is 0 Å². The van der Waals surface area contributed by atoms with Gasteiger partial charge in [0.1, 0.15) is 5.75 Å². The van der Waals surface area contributed by atoms with E-state index in [4.69, 9.17) is 4.74 Å². The van der Waals surface area contributed by atoms with Crippen molar-refractivity contribution >= 4 is 27.5 Å². The summed E-state index contributed by atoms with van der Waals surface area (Å²) in [6.45, 7) is 3.71. The third kappa shape index (κ3) is 4.10. The maximum absolute atomic E-state index is 12.0. The predicted molar refractivity (Wildman–Crippen MR) is 84.0 cm³/mol. The number of benzene rings is 2. The van der Waals surface area contributed by atoms with Crippen molar-refractivity contribution in [2.45, 2.75) is 20.0 Å². The van der Waals surface area contributed by atoms with Crippen LogP contribution >= 0.6 is 15.9 Å². The lowest BCUT2D eigenvalue weighted by molar-refractivity contribution is -0.122. The van der Waals surface area contributed by atoms with Crippen LogP contribution in [0.1, 0.15) is 12.5 Å². The number of carbonyl (C=O) groups excluding carboxylic acids is 1. The van der Waals surface area contributed by atoms with Crippen LogP contribution in [0.15, 0.2) is 53.0 Å². The summed E-state index contributed by atoms with van der Waals surface area (Å²) in [4.78, 5) is 12.0. The van der Waals surface area contributed by atoms with Gasteiger partial charge in [-0.1, -0.05) is 28.1 Å². The molecule has 2 aromatic carbocycles. The standard InChI is InChI=1S/C16H16BrNO2/c1-11-4-3-5-14(10-11)18-16(19)12(2)20-15-8-6-13(17)7-9-15/h3-10,12H,1-2H3,(H,18,19). The summed E-state index contributed by atoms with van der Waals surface area (Å²) in [6, 6.07) is 15.1. The molecule has 1 atom stereocenters. The van der Waals surface area contributed by atoms with Gasteiger partial charge < -0.3 is 10.1 Å². The fraction of sp³-hybridized carbons (Fsp3) is 0.188. The molecule has 4 heteroatoms. The van der Waals surface area contributed by atoms with Gasteiger partial charge in [-0.15, -0.1) is 0 Å². The highest BCUT2D eigenvalue weighted by molar-refractivity contribution is 9.10. The van der Waals surface area contributed by atoms with E-state index in [1.54, 1.807) is 6.92 Å². The van der Waals surface area contributed by atoms with Gasteiger partial charge >= 0.3 is 0 Å². The maximum Gasteiger partial charge on any atom is 0.265 e. The average Bonchev–Trinajstić information content (AvgIpc) is 2.41. The minimum atomic E-state index is -0.559. The quantitative estimate of drug-likeness (QED) is 0.912. The minimum Gasteiger partial charge on any atom is -0.481 e. The zero-order valence-electron chi connectivity index (χ0n) is 11.4. The molecule has 0 saturated heterocycles. The molecule has 1 amide bonds. The fourth-order valence-corrected chi connectivity index (χ4v) is 2.00. The molecule has 20 heavy (non-hydrogen) atoms. The second-order valence-corrected chi connectivity index (χ2v) is 5.49. The number of amides is 1. The third-order valence-electron chi connectivity index (χ3n) is 2.78. The van der Waals surface area contributed by atoms with Gasteiger partial charge in [-0.05, 0) is 55.8 Å². The van der Waals surface area contributed by atoms with Gasteiger partial charge in [-0.3, -0.25) is 4.79 Å². The predicted octanol–water partition coefficient (Wildman–Crippen LogP) is 4.16. The highest BCUT2D eigenvalue weighted by Crippen LogP contribution is 2.18. The first-order valence-electron chi connectivity index (χ1n) is 6.34. The van der Waals surface area contributed by atoms with Crippen LogP contribution in [0, 0.1) is 6.92 Å². The van der Waals surface area contributed by atoms with Gasteiger partial charge in [-0.2, -0.15) is 0 Å². The fourth-order valence-electron chi connectivity index (χ4n) is 1.74. The summed E-state index contributed by atoms with van der Waals surface area (Å²) >= 11 is 3.36. The zero-order chi connectivity index (χ0) is 14.5. The van der Waals surface area contributed by atoms with Gasteiger partial charge in [0.05, 0.1) is 0 Å². The Balaban J connectivity index is 1.96. The van der Waals surface area contributed by atoms with Gasteiger partial charge in [0.2, 0.25) is 0 Å². The smallest absolute Gasteiger partial charge is 0.265 e. The Bertz CT molecular complexity index is 596. The van der Waals surface area contributed by atoms with E-state index in [1.807, 2.05) is 55.5 Å². The summed E-state index contributed by atoms with van der Waals surface area (Å²) in [6.07, 6.45) is -0.559. The molecule has 2 rings (SSSR count). The van der Waals surface area contributed by atoms with E-state index in [9.17, 15) is 4.79 Å². The van der Waals surface area contributed by atoms with Crippen molar-refractivity contribution in [3.8, 4) is 5.75 Å². The Morgan fingerprint density at radius 2 is 1.90 bits per heavy atom. The number of nitrogens with one attached hydrogen (secondary N) is 1. The van der Waals surface area contributed by atoms with Crippen molar-refractivity contribution in [2.75, 3.05) is 5.32 Å². The molecule has 1 N–H and O–H groups in total. The Morgan fingerprint density at radius 1 is 1.20 bits per heavy atom. The minimum absolute atomic E-state index is 0.168. The van der Waals surface area contributed by atoms with E-state index in [1.165, 1.54) is 0 Å². The SMILES string of the molecule is Cc1cccc(NC(=O)C(C)Oc2ccc(Br)cc2)c1. The summed E-state index contributed by atoms with van der Waals surface area (Å²) in [7, 11) is 0. The van der Waals surface area contributed by atoms with Crippen molar-refractivity contribution in [3.05, 3.63) is 58.6 Å². The van der Waals surface area contributed by atoms with E-state index < -0.39 is 6.10 Å².